The van der Waals surface area contributed by atoms with Crippen LogP contribution in [0.5, 0.6) is 17.2 Å². The summed E-state index contributed by atoms with van der Waals surface area (Å²) in [5, 5.41) is 3.44. The van der Waals surface area contributed by atoms with E-state index in [0.717, 1.165) is 63.0 Å². The molecule has 1 saturated heterocycles. The summed E-state index contributed by atoms with van der Waals surface area (Å²) in [5.74, 6) is 3.92. The first-order valence-electron chi connectivity index (χ1n) is 10.2. The molecule has 1 N–H and O–H groups in total. The third-order valence-corrected chi connectivity index (χ3v) is 5.25. The number of benzene rings is 1. The summed E-state index contributed by atoms with van der Waals surface area (Å²) < 4.78 is 21.7. The number of ether oxygens (including phenoxy) is 3. The lowest BCUT2D eigenvalue weighted by atomic mass is 10.1. The quantitative estimate of drug-likeness (QED) is 0.523. The standard InChI is InChI=1S/C22H32N4O4/c1-23-22(24-8-7-18-6-5-13-30-18)26-11-9-25(10-12-26)16-17-14-19(27-2)21(29-4)20(15-17)28-3/h5-6,13-15H,7-12,16H2,1-4H3,(H,23,24). The lowest BCUT2D eigenvalue weighted by Crippen LogP contribution is -2.52. The summed E-state index contributed by atoms with van der Waals surface area (Å²) in [6.07, 6.45) is 2.55. The van der Waals surface area contributed by atoms with Crippen molar-refractivity contribution in [2.24, 2.45) is 4.99 Å². The first-order chi connectivity index (χ1) is 14.7. The first kappa shape index (κ1) is 21.8. The van der Waals surface area contributed by atoms with Gasteiger partial charge in [-0.25, -0.2) is 0 Å². The van der Waals surface area contributed by atoms with Crippen molar-refractivity contribution >= 4 is 5.96 Å². The number of nitrogens with one attached hydrogen (secondary N) is 1. The minimum Gasteiger partial charge on any atom is -0.493 e. The van der Waals surface area contributed by atoms with Crippen LogP contribution in [-0.2, 0) is 13.0 Å². The van der Waals surface area contributed by atoms with E-state index in [4.69, 9.17) is 18.6 Å². The van der Waals surface area contributed by atoms with E-state index in [-0.39, 0.29) is 0 Å². The van der Waals surface area contributed by atoms with E-state index in [9.17, 15) is 0 Å². The van der Waals surface area contributed by atoms with Crippen LogP contribution in [0.1, 0.15) is 11.3 Å². The van der Waals surface area contributed by atoms with Crippen LogP contribution in [0.25, 0.3) is 0 Å². The maximum Gasteiger partial charge on any atom is 0.203 e. The second kappa shape index (κ2) is 10.8. The van der Waals surface area contributed by atoms with Gasteiger partial charge in [-0.2, -0.15) is 0 Å². The predicted octanol–water partition coefficient (Wildman–Crippen LogP) is 2.24. The number of aliphatic imine (C=N–C) groups is 1. The molecule has 2 heterocycles. The summed E-state index contributed by atoms with van der Waals surface area (Å²) in [6, 6.07) is 7.94. The SMILES string of the molecule is CN=C(NCCc1ccco1)N1CCN(Cc2cc(OC)c(OC)c(OC)c2)CC1. The molecule has 8 heteroatoms. The van der Waals surface area contributed by atoms with E-state index in [2.05, 4.69) is 20.1 Å². The molecule has 0 unspecified atom stereocenters. The summed E-state index contributed by atoms with van der Waals surface area (Å²) in [6.45, 7) is 5.38. The normalized spacial score (nSPS) is 15.2. The van der Waals surface area contributed by atoms with Crippen molar-refractivity contribution in [1.82, 2.24) is 15.1 Å². The molecule has 1 aliphatic rings. The van der Waals surface area contributed by atoms with Crippen LogP contribution in [0.4, 0.5) is 0 Å². The Bertz CT molecular complexity index is 790. The molecule has 8 nitrogen and oxygen atoms in total. The molecular weight excluding hydrogens is 384 g/mol. The molecule has 164 valence electrons. The lowest BCUT2D eigenvalue weighted by Gasteiger charge is -2.36. The van der Waals surface area contributed by atoms with Gasteiger partial charge in [0.15, 0.2) is 17.5 Å². The zero-order valence-corrected chi connectivity index (χ0v) is 18.3. The Kier molecular flexibility index (Phi) is 7.84. The number of furan rings is 1. The number of rotatable bonds is 8. The fraction of sp³-hybridized carbons (Fsp3) is 0.500. The molecule has 30 heavy (non-hydrogen) atoms. The third kappa shape index (κ3) is 5.38. The number of methoxy groups -OCH3 is 3. The van der Waals surface area contributed by atoms with Gasteiger partial charge in [-0.1, -0.05) is 0 Å². The molecule has 1 aromatic carbocycles. The molecule has 0 atom stereocenters. The number of guanidine groups is 1. The van der Waals surface area contributed by atoms with Gasteiger partial charge >= 0.3 is 0 Å². The Morgan fingerprint density at radius 2 is 1.77 bits per heavy atom. The highest BCUT2D eigenvalue weighted by Crippen LogP contribution is 2.38. The topological polar surface area (TPSA) is 71.7 Å². The Labute approximate surface area is 178 Å². The molecule has 1 fully saturated rings. The monoisotopic (exact) mass is 416 g/mol. The number of piperazine rings is 1. The maximum absolute atomic E-state index is 5.47. The van der Waals surface area contributed by atoms with Crippen molar-refractivity contribution in [3.63, 3.8) is 0 Å². The summed E-state index contributed by atoms with van der Waals surface area (Å²) >= 11 is 0. The van der Waals surface area contributed by atoms with Crippen LogP contribution in [-0.4, -0.2) is 76.9 Å². The van der Waals surface area contributed by atoms with Crippen molar-refractivity contribution in [3.05, 3.63) is 41.9 Å². The van der Waals surface area contributed by atoms with Crippen LogP contribution < -0.4 is 19.5 Å². The van der Waals surface area contributed by atoms with Gasteiger partial charge < -0.3 is 28.8 Å². The van der Waals surface area contributed by atoms with Gasteiger partial charge in [0.05, 0.1) is 27.6 Å². The van der Waals surface area contributed by atoms with Crippen LogP contribution in [0.3, 0.4) is 0 Å². The summed E-state index contributed by atoms with van der Waals surface area (Å²) in [7, 11) is 6.74. The molecule has 0 saturated carbocycles. The van der Waals surface area contributed by atoms with Crippen LogP contribution in [0, 0.1) is 0 Å². The Morgan fingerprint density at radius 1 is 1.07 bits per heavy atom. The minimum absolute atomic E-state index is 0.623. The van der Waals surface area contributed by atoms with E-state index in [1.807, 2.05) is 31.3 Å². The van der Waals surface area contributed by atoms with Crippen molar-refractivity contribution in [2.75, 3.05) is 61.1 Å². The lowest BCUT2D eigenvalue weighted by molar-refractivity contribution is 0.172. The number of nitrogens with zero attached hydrogens (tertiary/aromatic N) is 3. The zero-order chi connectivity index (χ0) is 21.3. The van der Waals surface area contributed by atoms with Crippen molar-refractivity contribution in [1.29, 1.82) is 0 Å². The first-order valence-corrected chi connectivity index (χ1v) is 10.2. The van der Waals surface area contributed by atoms with Crippen molar-refractivity contribution in [3.8, 4) is 17.2 Å². The highest BCUT2D eigenvalue weighted by Gasteiger charge is 2.21. The molecule has 1 aromatic heterocycles. The van der Waals surface area contributed by atoms with Gasteiger partial charge in [0.25, 0.3) is 0 Å². The number of hydrogen-bond donors (Lipinski definition) is 1. The van der Waals surface area contributed by atoms with E-state index < -0.39 is 0 Å². The Hall–Kier alpha value is -2.87. The third-order valence-electron chi connectivity index (χ3n) is 5.25. The second-order valence-corrected chi connectivity index (χ2v) is 7.10. The van der Waals surface area contributed by atoms with Gasteiger partial charge in [0, 0.05) is 52.7 Å². The Morgan fingerprint density at radius 3 is 2.30 bits per heavy atom. The molecule has 0 bridgehead atoms. The Balaban J connectivity index is 1.52. The van der Waals surface area contributed by atoms with E-state index in [1.54, 1.807) is 27.6 Å². The molecule has 0 spiro atoms. The molecule has 0 aliphatic carbocycles. The average molecular weight is 417 g/mol. The van der Waals surface area contributed by atoms with E-state index in [0.29, 0.717) is 17.2 Å². The second-order valence-electron chi connectivity index (χ2n) is 7.10. The minimum atomic E-state index is 0.623. The molecule has 0 amide bonds. The summed E-state index contributed by atoms with van der Waals surface area (Å²) in [4.78, 5) is 9.16. The van der Waals surface area contributed by atoms with Crippen LogP contribution in [0.2, 0.25) is 0 Å². The molecule has 3 rings (SSSR count). The molecule has 2 aromatic rings. The maximum atomic E-state index is 5.47. The smallest absolute Gasteiger partial charge is 0.203 e. The van der Waals surface area contributed by atoms with Crippen LogP contribution >= 0.6 is 0 Å². The zero-order valence-electron chi connectivity index (χ0n) is 18.3. The summed E-state index contributed by atoms with van der Waals surface area (Å²) in [5.41, 5.74) is 1.14. The van der Waals surface area contributed by atoms with E-state index in [1.165, 1.54) is 0 Å². The predicted molar refractivity (Wildman–Crippen MR) is 117 cm³/mol. The van der Waals surface area contributed by atoms with Gasteiger partial charge in [-0.3, -0.25) is 9.89 Å². The van der Waals surface area contributed by atoms with Crippen molar-refractivity contribution in [2.45, 2.75) is 13.0 Å². The highest BCUT2D eigenvalue weighted by atomic mass is 16.5. The van der Waals surface area contributed by atoms with Gasteiger partial charge in [0.1, 0.15) is 5.76 Å². The van der Waals surface area contributed by atoms with Gasteiger partial charge in [0.2, 0.25) is 5.75 Å². The average Bonchev–Trinajstić information content (AvgIpc) is 3.30. The van der Waals surface area contributed by atoms with Crippen LogP contribution in [0.15, 0.2) is 39.9 Å². The molecule has 1 aliphatic heterocycles. The van der Waals surface area contributed by atoms with Crippen molar-refractivity contribution < 1.29 is 18.6 Å². The fourth-order valence-corrected chi connectivity index (χ4v) is 3.69. The largest absolute Gasteiger partial charge is 0.493 e. The van der Waals surface area contributed by atoms with Gasteiger partial charge in [-0.15, -0.1) is 0 Å². The van der Waals surface area contributed by atoms with E-state index >= 15 is 0 Å². The van der Waals surface area contributed by atoms with Gasteiger partial charge in [-0.05, 0) is 29.8 Å². The molecule has 0 radical (unpaired) electrons. The number of hydrogen-bond acceptors (Lipinski definition) is 6. The molecular formula is C22H32N4O4. The fourth-order valence-electron chi connectivity index (χ4n) is 3.69. The highest BCUT2D eigenvalue weighted by molar-refractivity contribution is 5.80.